The van der Waals surface area contributed by atoms with E-state index in [0.29, 0.717) is 12.5 Å². The van der Waals surface area contributed by atoms with Crippen LogP contribution < -0.4 is 11.1 Å². The van der Waals surface area contributed by atoms with Crippen molar-refractivity contribution >= 4 is 11.6 Å². The Morgan fingerprint density at radius 3 is 2.58 bits per heavy atom. The third-order valence-corrected chi connectivity index (χ3v) is 3.27. The lowest BCUT2D eigenvalue weighted by molar-refractivity contribution is -0.384. The highest BCUT2D eigenvalue weighted by atomic mass is 16.6. The molecule has 6 nitrogen and oxygen atoms in total. The van der Waals surface area contributed by atoms with Gasteiger partial charge in [0.2, 0.25) is 5.91 Å². The number of nitrogens with one attached hydrogen (secondary N) is 1. The SMILES string of the molecule is NC(CNC(=O)Cc1ccc([N+](=O)[O-])cc1)C1CC1. The van der Waals surface area contributed by atoms with Crippen molar-refractivity contribution in [1.29, 1.82) is 0 Å². The van der Waals surface area contributed by atoms with E-state index < -0.39 is 4.92 Å². The molecule has 1 saturated carbocycles. The molecule has 0 saturated heterocycles. The van der Waals surface area contributed by atoms with Crippen LogP contribution in [0.25, 0.3) is 0 Å². The van der Waals surface area contributed by atoms with E-state index in [-0.39, 0.29) is 24.1 Å². The lowest BCUT2D eigenvalue weighted by Gasteiger charge is -2.11. The molecule has 0 aromatic heterocycles. The Morgan fingerprint density at radius 2 is 2.05 bits per heavy atom. The Labute approximate surface area is 111 Å². The highest BCUT2D eigenvalue weighted by Gasteiger charge is 2.28. The first-order chi connectivity index (χ1) is 9.06. The van der Waals surface area contributed by atoms with Crippen LogP contribution in [0, 0.1) is 16.0 Å². The van der Waals surface area contributed by atoms with Crippen molar-refractivity contribution < 1.29 is 9.72 Å². The van der Waals surface area contributed by atoms with Gasteiger partial charge in [0.1, 0.15) is 0 Å². The van der Waals surface area contributed by atoms with E-state index in [1.54, 1.807) is 12.1 Å². The molecule has 1 fully saturated rings. The van der Waals surface area contributed by atoms with Gasteiger partial charge in [-0.15, -0.1) is 0 Å². The molecule has 0 spiro atoms. The van der Waals surface area contributed by atoms with Crippen LogP contribution in [0.5, 0.6) is 0 Å². The van der Waals surface area contributed by atoms with Crippen molar-refractivity contribution in [3.05, 3.63) is 39.9 Å². The zero-order chi connectivity index (χ0) is 13.8. The molecular weight excluding hydrogens is 246 g/mol. The molecule has 1 unspecified atom stereocenters. The third-order valence-electron chi connectivity index (χ3n) is 3.27. The molecule has 2 rings (SSSR count). The Bertz CT molecular complexity index is 469. The van der Waals surface area contributed by atoms with Crippen LogP contribution in [-0.4, -0.2) is 23.4 Å². The summed E-state index contributed by atoms with van der Waals surface area (Å²) in [5.74, 6) is 0.449. The van der Waals surface area contributed by atoms with Crippen LogP contribution in [0.3, 0.4) is 0 Å². The average molecular weight is 263 g/mol. The van der Waals surface area contributed by atoms with E-state index in [1.807, 2.05) is 0 Å². The maximum absolute atomic E-state index is 11.7. The average Bonchev–Trinajstić information content (AvgIpc) is 3.21. The summed E-state index contributed by atoms with van der Waals surface area (Å²) in [6.45, 7) is 0.497. The van der Waals surface area contributed by atoms with Gasteiger partial charge >= 0.3 is 0 Å². The highest BCUT2D eigenvalue weighted by Crippen LogP contribution is 2.31. The number of carbonyl (C=O) groups excluding carboxylic acids is 1. The molecule has 102 valence electrons. The number of amides is 1. The second-order valence-electron chi connectivity index (χ2n) is 4.91. The van der Waals surface area contributed by atoms with Crippen LogP contribution in [0.4, 0.5) is 5.69 Å². The number of nitrogens with zero attached hydrogens (tertiary/aromatic N) is 1. The molecule has 0 aliphatic heterocycles. The van der Waals surface area contributed by atoms with E-state index in [0.717, 1.165) is 18.4 Å². The Balaban J connectivity index is 1.79. The van der Waals surface area contributed by atoms with Gasteiger partial charge < -0.3 is 11.1 Å². The van der Waals surface area contributed by atoms with Gasteiger partial charge in [0.25, 0.3) is 5.69 Å². The molecule has 0 radical (unpaired) electrons. The van der Waals surface area contributed by atoms with Crippen LogP contribution >= 0.6 is 0 Å². The summed E-state index contributed by atoms with van der Waals surface area (Å²) < 4.78 is 0. The first kappa shape index (κ1) is 13.5. The molecule has 0 heterocycles. The van der Waals surface area contributed by atoms with Crippen molar-refractivity contribution in [3.8, 4) is 0 Å². The summed E-state index contributed by atoms with van der Waals surface area (Å²) in [6, 6.07) is 6.04. The predicted octanol–water partition coefficient (Wildman–Crippen LogP) is 0.991. The van der Waals surface area contributed by atoms with Gasteiger partial charge in [-0.1, -0.05) is 12.1 Å². The number of carbonyl (C=O) groups is 1. The van der Waals surface area contributed by atoms with Crippen LogP contribution in [-0.2, 0) is 11.2 Å². The number of nitrogens with two attached hydrogens (primary N) is 1. The van der Waals surface area contributed by atoms with E-state index >= 15 is 0 Å². The van der Waals surface area contributed by atoms with Crippen molar-refractivity contribution in [3.63, 3.8) is 0 Å². The minimum atomic E-state index is -0.460. The summed E-state index contributed by atoms with van der Waals surface area (Å²) in [4.78, 5) is 21.7. The maximum Gasteiger partial charge on any atom is 0.269 e. The van der Waals surface area contributed by atoms with E-state index in [4.69, 9.17) is 5.73 Å². The van der Waals surface area contributed by atoms with Crippen molar-refractivity contribution in [1.82, 2.24) is 5.32 Å². The Morgan fingerprint density at radius 1 is 1.42 bits per heavy atom. The van der Waals surface area contributed by atoms with Crippen molar-refractivity contribution in [2.24, 2.45) is 11.7 Å². The van der Waals surface area contributed by atoms with E-state index in [9.17, 15) is 14.9 Å². The fourth-order valence-electron chi connectivity index (χ4n) is 1.91. The monoisotopic (exact) mass is 263 g/mol. The third kappa shape index (κ3) is 4.03. The fraction of sp³-hybridized carbons (Fsp3) is 0.462. The zero-order valence-electron chi connectivity index (χ0n) is 10.5. The smallest absolute Gasteiger partial charge is 0.269 e. The minimum absolute atomic E-state index is 0.0277. The lowest BCUT2D eigenvalue weighted by atomic mass is 10.1. The first-order valence-electron chi connectivity index (χ1n) is 6.32. The van der Waals surface area contributed by atoms with Crippen LogP contribution in [0.2, 0.25) is 0 Å². The molecule has 1 aromatic carbocycles. The quantitative estimate of drug-likeness (QED) is 0.590. The molecule has 1 aromatic rings. The summed E-state index contributed by atoms with van der Waals surface area (Å²) in [7, 11) is 0. The summed E-state index contributed by atoms with van der Waals surface area (Å²) in [5, 5.41) is 13.3. The number of non-ortho nitro benzene ring substituents is 1. The topological polar surface area (TPSA) is 98.3 Å². The second-order valence-corrected chi connectivity index (χ2v) is 4.91. The second kappa shape index (κ2) is 5.79. The molecule has 19 heavy (non-hydrogen) atoms. The largest absolute Gasteiger partial charge is 0.354 e. The summed E-state index contributed by atoms with van der Waals surface area (Å²) in [5.41, 5.74) is 6.66. The number of hydrogen-bond donors (Lipinski definition) is 2. The number of nitro groups is 1. The number of rotatable bonds is 6. The van der Waals surface area contributed by atoms with Gasteiger partial charge in [-0.25, -0.2) is 0 Å². The summed E-state index contributed by atoms with van der Waals surface area (Å²) in [6.07, 6.45) is 2.52. The molecule has 3 N–H and O–H groups in total. The van der Waals surface area contributed by atoms with Gasteiger partial charge in [0.05, 0.1) is 11.3 Å². The Hall–Kier alpha value is -1.95. The molecule has 1 aliphatic carbocycles. The highest BCUT2D eigenvalue weighted by molar-refractivity contribution is 5.78. The molecule has 1 aliphatic rings. The van der Waals surface area contributed by atoms with Crippen LogP contribution in [0.15, 0.2) is 24.3 Å². The van der Waals surface area contributed by atoms with Gasteiger partial charge in [-0.3, -0.25) is 14.9 Å². The standard InChI is InChI=1S/C13H17N3O3/c14-12(10-3-4-10)8-15-13(17)7-9-1-5-11(6-2-9)16(18)19/h1-2,5-6,10,12H,3-4,7-8,14H2,(H,15,17). The molecular formula is C13H17N3O3. The van der Waals surface area contributed by atoms with E-state index in [2.05, 4.69) is 5.32 Å². The Kier molecular flexibility index (Phi) is 4.11. The van der Waals surface area contributed by atoms with Crippen LogP contribution in [0.1, 0.15) is 18.4 Å². The van der Waals surface area contributed by atoms with Gasteiger partial charge in [-0.2, -0.15) is 0 Å². The molecule has 1 amide bonds. The fourth-order valence-corrected chi connectivity index (χ4v) is 1.91. The predicted molar refractivity (Wildman–Crippen MR) is 70.5 cm³/mol. The molecule has 1 atom stereocenters. The lowest BCUT2D eigenvalue weighted by Crippen LogP contribution is -2.39. The van der Waals surface area contributed by atoms with Crippen molar-refractivity contribution in [2.75, 3.05) is 6.54 Å². The van der Waals surface area contributed by atoms with E-state index in [1.165, 1.54) is 12.1 Å². The summed E-state index contributed by atoms with van der Waals surface area (Å²) >= 11 is 0. The number of benzene rings is 1. The minimum Gasteiger partial charge on any atom is -0.354 e. The van der Waals surface area contributed by atoms with Gasteiger partial charge in [0, 0.05) is 24.7 Å². The van der Waals surface area contributed by atoms with Gasteiger partial charge in [0.15, 0.2) is 0 Å². The maximum atomic E-state index is 11.7. The molecule has 0 bridgehead atoms. The normalized spacial score (nSPS) is 15.8. The molecule has 6 heteroatoms. The zero-order valence-corrected chi connectivity index (χ0v) is 10.5. The van der Waals surface area contributed by atoms with Crippen molar-refractivity contribution in [2.45, 2.75) is 25.3 Å². The first-order valence-corrected chi connectivity index (χ1v) is 6.32. The van der Waals surface area contributed by atoms with Gasteiger partial charge in [-0.05, 0) is 24.3 Å². The number of hydrogen-bond acceptors (Lipinski definition) is 4. The number of nitro benzene ring substituents is 1.